The smallest absolute Gasteiger partial charge is 0.258 e. The Kier molecular flexibility index (Phi) is 2.97. The maximum atomic E-state index is 13.5. The number of nitrogens with zero attached hydrogens (tertiary/aromatic N) is 2. The van der Waals surface area contributed by atoms with Crippen LogP contribution in [0.5, 0.6) is 0 Å². The molecule has 18 heavy (non-hydrogen) atoms. The zero-order valence-corrected chi connectivity index (χ0v) is 8.73. The van der Waals surface area contributed by atoms with Crippen LogP contribution < -0.4 is 0 Å². The topological polar surface area (TPSA) is 56.0 Å². The van der Waals surface area contributed by atoms with Crippen molar-refractivity contribution in [2.24, 2.45) is 0 Å². The number of hydrogen-bond donors (Lipinski definition) is 0. The lowest BCUT2D eigenvalue weighted by molar-refractivity contribution is -0.388. The minimum atomic E-state index is -1.28. The van der Waals surface area contributed by atoms with Crippen molar-refractivity contribution in [2.75, 3.05) is 0 Å². The van der Waals surface area contributed by atoms with E-state index in [1.54, 1.807) is 0 Å². The molecule has 0 amide bonds. The number of benzene rings is 1. The average Bonchev–Trinajstić information content (AvgIpc) is 2.33. The van der Waals surface area contributed by atoms with E-state index in [2.05, 4.69) is 4.98 Å². The summed E-state index contributed by atoms with van der Waals surface area (Å²) in [5.74, 6) is -3.54. The van der Waals surface area contributed by atoms with Gasteiger partial charge in [-0.3, -0.25) is 10.1 Å². The van der Waals surface area contributed by atoms with Crippen LogP contribution in [0.4, 0.5) is 18.9 Å². The number of hydrogen-bond acceptors (Lipinski definition) is 3. The molecule has 0 saturated carbocycles. The summed E-state index contributed by atoms with van der Waals surface area (Å²) in [4.78, 5) is 12.7. The first-order chi connectivity index (χ1) is 8.50. The van der Waals surface area contributed by atoms with Crippen molar-refractivity contribution in [3.63, 3.8) is 0 Å². The highest BCUT2D eigenvalue weighted by atomic mass is 19.2. The van der Waals surface area contributed by atoms with Gasteiger partial charge in [-0.1, -0.05) is 12.1 Å². The number of halogens is 3. The standard InChI is InChI=1S/C11H5F3N2O2/c12-8-3-1-2-7(10(8)13)6-4-9(16(17)18)11(14)15-5-6/h1-5H. The van der Waals surface area contributed by atoms with Gasteiger partial charge >= 0.3 is 5.69 Å². The van der Waals surface area contributed by atoms with Crippen LogP contribution in [0.2, 0.25) is 0 Å². The van der Waals surface area contributed by atoms with Crippen LogP contribution in [0.15, 0.2) is 30.5 Å². The number of nitro groups is 1. The fourth-order valence-corrected chi connectivity index (χ4v) is 1.44. The molecule has 1 aromatic heterocycles. The third-order valence-electron chi connectivity index (χ3n) is 2.28. The van der Waals surface area contributed by atoms with E-state index in [9.17, 15) is 23.3 Å². The van der Waals surface area contributed by atoms with Gasteiger partial charge < -0.3 is 0 Å². The Hall–Kier alpha value is -2.44. The normalized spacial score (nSPS) is 10.4. The lowest BCUT2D eigenvalue weighted by Gasteiger charge is -2.03. The maximum Gasteiger partial charge on any atom is 0.324 e. The van der Waals surface area contributed by atoms with Crippen molar-refractivity contribution in [2.45, 2.75) is 0 Å². The van der Waals surface area contributed by atoms with Gasteiger partial charge in [-0.15, -0.1) is 0 Å². The minimum Gasteiger partial charge on any atom is -0.258 e. The van der Waals surface area contributed by atoms with Gasteiger partial charge in [0.25, 0.3) is 5.95 Å². The molecule has 1 heterocycles. The molecule has 0 atom stereocenters. The van der Waals surface area contributed by atoms with E-state index in [4.69, 9.17) is 0 Å². The first-order valence-electron chi connectivity index (χ1n) is 4.75. The molecule has 2 rings (SSSR count). The Labute approximate surface area is 98.9 Å². The van der Waals surface area contributed by atoms with Gasteiger partial charge in [0, 0.05) is 23.4 Å². The molecule has 0 radical (unpaired) electrons. The maximum absolute atomic E-state index is 13.5. The molecule has 1 aromatic carbocycles. The Morgan fingerprint density at radius 1 is 1.22 bits per heavy atom. The number of aromatic nitrogens is 1. The van der Waals surface area contributed by atoms with E-state index < -0.39 is 28.2 Å². The summed E-state index contributed by atoms with van der Waals surface area (Å²) >= 11 is 0. The minimum absolute atomic E-state index is 0.0694. The van der Waals surface area contributed by atoms with E-state index in [1.165, 1.54) is 12.1 Å². The van der Waals surface area contributed by atoms with E-state index in [-0.39, 0.29) is 11.1 Å². The Bertz CT molecular complexity index is 632. The molecule has 92 valence electrons. The van der Waals surface area contributed by atoms with Crippen LogP contribution in [-0.2, 0) is 0 Å². The van der Waals surface area contributed by atoms with E-state index in [0.717, 1.165) is 18.3 Å². The van der Waals surface area contributed by atoms with Gasteiger partial charge in [-0.25, -0.2) is 13.8 Å². The fourth-order valence-electron chi connectivity index (χ4n) is 1.44. The van der Waals surface area contributed by atoms with Gasteiger partial charge in [0.05, 0.1) is 4.92 Å². The van der Waals surface area contributed by atoms with Gasteiger partial charge in [0.1, 0.15) is 0 Å². The van der Waals surface area contributed by atoms with Crippen molar-refractivity contribution >= 4 is 5.69 Å². The van der Waals surface area contributed by atoms with Crippen LogP contribution in [0.25, 0.3) is 11.1 Å². The predicted octanol–water partition coefficient (Wildman–Crippen LogP) is 3.07. The van der Waals surface area contributed by atoms with Crippen molar-refractivity contribution in [3.8, 4) is 11.1 Å². The summed E-state index contributed by atoms with van der Waals surface area (Å²) in [6.07, 6.45) is 0.903. The second-order valence-corrected chi connectivity index (χ2v) is 3.39. The monoisotopic (exact) mass is 254 g/mol. The molecule has 2 aromatic rings. The van der Waals surface area contributed by atoms with Gasteiger partial charge in [-0.2, -0.15) is 4.39 Å². The van der Waals surface area contributed by atoms with Crippen molar-refractivity contribution in [3.05, 3.63) is 58.2 Å². The molecule has 0 bridgehead atoms. The van der Waals surface area contributed by atoms with Crippen molar-refractivity contribution < 1.29 is 18.1 Å². The van der Waals surface area contributed by atoms with Crippen molar-refractivity contribution in [1.29, 1.82) is 0 Å². The highest BCUT2D eigenvalue weighted by Crippen LogP contribution is 2.27. The van der Waals surface area contributed by atoms with E-state index >= 15 is 0 Å². The van der Waals surface area contributed by atoms with Gasteiger partial charge in [0.15, 0.2) is 11.6 Å². The molecule has 0 aliphatic heterocycles. The molecule has 0 fully saturated rings. The second kappa shape index (κ2) is 4.44. The largest absolute Gasteiger partial charge is 0.324 e. The summed E-state index contributed by atoms with van der Waals surface area (Å²) in [5, 5.41) is 10.5. The highest BCUT2D eigenvalue weighted by Gasteiger charge is 2.18. The summed E-state index contributed by atoms with van der Waals surface area (Å²) in [7, 11) is 0. The van der Waals surface area contributed by atoms with Crippen LogP contribution in [0, 0.1) is 27.7 Å². The molecule has 0 N–H and O–H groups in total. The first-order valence-corrected chi connectivity index (χ1v) is 4.75. The van der Waals surface area contributed by atoms with Crippen LogP contribution in [0.3, 0.4) is 0 Å². The summed E-state index contributed by atoms with van der Waals surface area (Å²) in [6, 6.07) is 4.17. The summed E-state index contributed by atoms with van der Waals surface area (Å²) in [5.41, 5.74) is -1.18. The third-order valence-corrected chi connectivity index (χ3v) is 2.28. The molecular weight excluding hydrogens is 249 g/mol. The predicted molar refractivity (Wildman–Crippen MR) is 56.2 cm³/mol. The van der Waals surface area contributed by atoms with Crippen molar-refractivity contribution in [1.82, 2.24) is 4.98 Å². The molecule has 0 aliphatic carbocycles. The average molecular weight is 254 g/mol. The SMILES string of the molecule is O=[N+]([O-])c1cc(-c2cccc(F)c2F)cnc1F. The zero-order valence-electron chi connectivity index (χ0n) is 8.73. The van der Waals surface area contributed by atoms with E-state index in [1.807, 2.05) is 0 Å². The second-order valence-electron chi connectivity index (χ2n) is 3.39. The Morgan fingerprint density at radius 3 is 2.61 bits per heavy atom. The fraction of sp³-hybridized carbons (Fsp3) is 0. The summed E-state index contributed by atoms with van der Waals surface area (Å²) < 4.78 is 39.4. The highest BCUT2D eigenvalue weighted by molar-refractivity contribution is 5.65. The van der Waals surface area contributed by atoms with Gasteiger partial charge in [0.2, 0.25) is 0 Å². The summed E-state index contributed by atoms with van der Waals surface area (Å²) in [6.45, 7) is 0. The van der Waals surface area contributed by atoms with Crippen LogP contribution in [0.1, 0.15) is 0 Å². The Morgan fingerprint density at radius 2 is 1.94 bits per heavy atom. The lowest BCUT2D eigenvalue weighted by atomic mass is 10.1. The zero-order chi connectivity index (χ0) is 13.3. The third kappa shape index (κ3) is 2.02. The number of rotatable bonds is 2. The molecule has 0 aliphatic rings. The molecular formula is C11H5F3N2O2. The molecule has 0 spiro atoms. The first kappa shape index (κ1) is 12.0. The van der Waals surface area contributed by atoms with Crippen LogP contribution >= 0.6 is 0 Å². The van der Waals surface area contributed by atoms with E-state index in [0.29, 0.717) is 0 Å². The lowest BCUT2D eigenvalue weighted by Crippen LogP contribution is -1.97. The molecule has 0 saturated heterocycles. The van der Waals surface area contributed by atoms with Crippen LogP contribution in [-0.4, -0.2) is 9.91 Å². The number of pyridine rings is 1. The molecule has 4 nitrogen and oxygen atoms in total. The van der Waals surface area contributed by atoms with Gasteiger partial charge in [-0.05, 0) is 6.07 Å². The Balaban J connectivity index is 2.62. The molecule has 0 unspecified atom stereocenters. The quantitative estimate of drug-likeness (QED) is 0.470. The molecule has 7 heteroatoms.